The largest absolute Gasteiger partial charge is 0.348 e. The number of pyridine rings is 2. The van der Waals surface area contributed by atoms with Crippen LogP contribution in [0.15, 0.2) is 85.2 Å². The van der Waals surface area contributed by atoms with Crippen LogP contribution in [0.2, 0.25) is 0 Å². The number of nitrogens with one attached hydrogen (secondary N) is 2. The van der Waals surface area contributed by atoms with Crippen molar-refractivity contribution >= 4 is 23.6 Å². The molecule has 0 aliphatic carbocycles. The summed E-state index contributed by atoms with van der Waals surface area (Å²) < 4.78 is 0. The van der Waals surface area contributed by atoms with E-state index in [4.69, 9.17) is 10.5 Å². The van der Waals surface area contributed by atoms with Crippen molar-refractivity contribution in [1.82, 2.24) is 40.2 Å². The number of piperidine rings is 2. The zero-order chi connectivity index (χ0) is 40.4. The molecule has 0 saturated carbocycles. The molecule has 3 fully saturated rings. The number of hydrogen-bond donors (Lipinski definition) is 2. The van der Waals surface area contributed by atoms with Crippen LogP contribution in [0.3, 0.4) is 0 Å². The lowest BCUT2D eigenvalue weighted by Gasteiger charge is -2.34. The molecule has 4 aromatic rings. The van der Waals surface area contributed by atoms with Gasteiger partial charge in [-0.15, -0.1) is 0 Å². The number of benzene rings is 2. The Labute approximate surface area is 338 Å². The normalized spacial score (nSPS) is 16.9. The highest BCUT2D eigenvalue weighted by molar-refractivity contribution is 5.98. The molecular formula is C44H46N10O4. The summed E-state index contributed by atoms with van der Waals surface area (Å²) in [6, 6.07) is 26.0. The molecule has 5 heterocycles. The highest BCUT2D eigenvalue weighted by atomic mass is 16.2. The SMILES string of the molecule is N#Cc1ccc(CN2CCC(NC(=O)c3ccc(C(=O)N4CCN(C(=O)c5ccc(C(=O)NC6CCN(Cc7ccc(C#N)cc7)CC6)nc5)CC4)cn3)CC2)cc1. The lowest BCUT2D eigenvalue weighted by molar-refractivity contribution is 0.0535. The molecule has 0 bridgehead atoms. The van der Waals surface area contributed by atoms with E-state index in [0.29, 0.717) is 48.4 Å². The molecule has 2 aromatic carbocycles. The van der Waals surface area contributed by atoms with Crippen LogP contribution < -0.4 is 10.6 Å². The van der Waals surface area contributed by atoms with Gasteiger partial charge in [-0.05, 0) is 85.3 Å². The first-order chi connectivity index (χ1) is 28.2. The van der Waals surface area contributed by atoms with Gasteiger partial charge in [-0.3, -0.25) is 38.9 Å². The summed E-state index contributed by atoms with van der Waals surface area (Å²) in [5, 5.41) is 24.2. The van der Waals surface area contributed by atoms with E-state index in [0.717, 1.165) is 76.1 Å². The summed E-state index contributed by atoms with van der Waals surface area (Å²) in [5.41, 5.74) is 4.85. The molecule has 0 atom stereocenters. The van der Waals surface area contributed by atoms with Gasteiger partial charge in [0.1, 0.15) is 11.4 Å². The molecule has 3 saturated heterocycles. The fraction of sp³-hybridized carbons (Fsp3) is 0.364. The molecule has 0 unspecified atom stereocenters. The van der Waals surface area contributed by atoms with Gasteiger partial charge in [-0.25, -0.2) is 0 Å². The standard InChI is InChI=1S/C44H46N10O4/c45-25-31-1-5-33(6-2-31)29-51-17-13-37(14-18-51)49-41(55)39-11-9-35(27-47-39)43(57)53-21-23-54(24-22-53)44(58)36-10-12-40(48-28-36)42(56)50-38-15-19-52(20-16-38)30-34-7-3-32(26-46)4-8-34/h1-12,27-28,37-38H,13-24,29-30H2,(H,49,55)(H,50,56). The fourth-order valence-electron chi connectivity index (χ4n) is 7.66. The number of piperazine rings is 1. The number of aromatic nitrogens is 2. The van der Waals surface area contributed by atoms with E-state index in [-0.39, 0.29) is 47.1 Å². The van der Waals surface area contributed by atoms with Crippen LogP contribution in [0.25, 0.3) is 0 Å². The second-order valence-corrected chi connectivity index (χ2v) is 15.1. The first-order valence-electron chi connectivity index (χ1n) is 19.8. The lowest BCUT2D eigenvalue weighted by Crippen LogP contribution is -2.50. The molecule has 2 aromatic heterocycles. The molecule has 2 N–H and O–H groups in total. The summed E-state index contributed by atoms with van der Waals surface area (Å²) in [7, 11) is 0. The van der Waals surface area contributed by atoms with Crippen molar-refractivity contribution in [1.29, 1.82) is 10.5 Å². The lowest BCUT2D eigenvalue weighted by atomic mass is 10.0. The summed E-state index contributed by atoms with van der Waals surface area (Å²) in [6.45, 7) is 6.35. The van der Waals surface area contributed by atoms with Crippen molar-refractivity contribution in [2.45, 2.75) is 50.9 Å². The summed E-state index contributed by atoms with van der Waals surface area (Å²) in [4.78, 5) is 69.2. The van der Waals surface area contributed by atoms with Crippen LogP contribution >= 0.6 is 0 Å². The van der Waals surface area contributed by atoms with Crippen molar-refractivity contribution in [3.05, 3.63) is 130 Å². The Balaban J connectivity index is 0.808. The molecule has 296 valence electrons. The smallest absolute Gasteiger partial charge is 0.270 e. The number of likely N-dealkylation sites (tertiary alicyclic amines) is 2. The molecule has 0 spiro atoms. The molecule has 7 rings (SSSR count). The van der Waals surface area contributed by atoms with Crippen LogP contribution in [-0.4, -0.2) is 118 Å². The Morgan fingerprint density at radius 3 is 1.21 bits per heavy atom. The van der Waals surface area contributed by atoms with Crippen molar-refractivity contribution in [2.75, 3.05) is 52.4 Å². The van der Waals surface area contributed by atoms with Gasteiger partial charge < -0.3 is 20.4 Å². The van der Waals surface area contributed by atoms with Crippen molar-refractivity contribution in [3.63, 3.8) is 0 Å². The van der Waals surface area contributed by atoms with E-state index in [2.05, 4.69) is 42.5 Å². The maximum atomic E-state index is 13.3. The minimum absolute atomic E-state index is 0.0349. The first kappa shape index (κ1) is 39.7. The minimum atomic E-state index is -0.270. The van der Waals surface area contributed by atoms with Gasteiger partial charge in [0.05, 0.1) is 34.4 Å². The van der Waals surface area contributed by atoms with E-state index in [1.54, 1.807) is 34.1 Å². The van der Waals surface area contributed by atoms with Crippen LogP contribution in [0.4, 0.5) is 0 Å². The van der Waals surface area contributed by atoms with E-state index in [1.165, 1.54) is 12.4 Å². The Morgan fingerprint density at radius 1 is 0.534 bits per heavy atom. The molecule has 3 aliphatic heterocycles. The summed E-state index contributed by atoms with van der Waals surface area (Å²) >= 11 is 0. The quantitative estimate of drug-likeness (QED) is 0.242. The van der Waals surface area contributed by atoms with Crippen LogP contribution in [0.1, 0.15) is 89.6 Å². The molecule has 0 radical (unpaired) electrons. The minimum Gasteiger partial charge on any atom is -0.348 e. The third-order valence-corrected chi connectivity index (χ3v) is 11.2. The molecule has 58 heavy (non-hydrogen) atoms. The van der Waals surface area contributed by atoms with E-state index in [9.17, 15) is 19.2 Å². The molecule has 14 nitrogen and oxygen atoms in total. The average Bonchev–Trinajstić information content (AvgIpc) is 3.28. The van der Waals surface area contributed by atoms with Gasteiger partial charge >= 0.3 is 0 Å². The van der Waals surface area contributed by atoms with Gasteiger partial charge in [0, 0.05) is 89.9 Å². The van der Waals surface area contributed by atoms with E-state index < -0.39 is 0 Å². The van der Waals surface area contributed by atoms with Gasteiger partial charge in [0.2, 0.25) is 0 Å². The number of nitrogens with zero attached hydrogens (tertiary/aromatic N) is 8. The highest BCUT2D eigenvalue weighted by Crippen LogP contribution is 2.18. The van der Waals surface area contributed by atoms with Crippen molar-refractivity contribution in [2.24, 2.45) is 0 Å². The van der Waals surface area contributed by atoms with Crippen LogP contribution in [0, 0.1) is 22.7 Å². The van der Waals surface area contributed by atoms with Gasteiger partial charge in [-0.1, -0.05) is 24.3 Å². The molecular weight excluding hydrogens is 733 g/mol. The number of carbonyl (C=O) groups excluding carboxylic acids is 4. The zero-order valence-electron chi connectivity index (χ0n) is 32.3. The molecule has 3 aliphatic rings. The van der Waals surface area contributed by atoms with E-state index in [1.807, 2.05) is 48.5 Å². The van der Waals surface area contributed by atoms with Gasteiger partial charge in [0.25, 0.3) is 23.6 Å². The predicted octanol–water partition coefficient (Wildman–Crippen LogP) is 3.61. The Bertz CT molecular complexity index is 2000. The molecule has 14 heteroatoms. The Hall–Kier alpha value is -6.48. The van der Waals surface area contributed by atoms with Crippen molar-refractivity contribution < 1.29 is 19.2 Å². The molecule has 4 amide bonds. The highest BCUT2D eigenvalue weighted by Gasteiger charge is 2.28. The second-order valence-electron chi connectivity index (χ2n) is 15.1. The van der Waals surface area contributed by atoms with Gasteiger partial charge in [0.15, 0.2) is 0 Å². The number of nitriles is 2. The fourth-order valence-corrected chi connectivity index (χ4v) is 7.66. The van der Waals surface area contributed by atoms with Crippen LogP contribution in [-0.2, 0) is 13.1 Å². The predicted molar refractivity (Wildman–Crippen MR) is 214 cm³/mol. The number of amides is 4. The number of hydrogen-bond acceptors (Lipinski definition) is 10. The zero-order valence-corrected chi connectivity index (χ0v) is 32.3. The second kappa shape index (κ2) is 18.6. The maximum absolute atomic E-state index is 13.3. The summed E-state index contributed by atoms with van der Waals surface area (Å²) in [6.07, 6.45) is 6.13. The number of rotatable bonds is 10. The topological polar surface area (TPSA) is 179 Å². The monoisotopic (exact) mass is 778 g/mol. The van der Waals surface area contributed by atoms with E-state index >= 15 is 0 Å². The first-order valence-corrected chi connectivity index (χ1v) is 19.8. The third-order valence-electron chi connectivity index (χ3n) is 11.2. The number of carbonyl (C=O) groups is 4. The average molecular weight is 779 g/mol. The third kappa shape index (κ3) is 10.1. The Morgan fingerprint density at radius 2 is 0.897 bits per heavy atom. The van der Waals surface area contributed by atoms with Crippen LogP contribution in [0.5, 0.6) is 0 Å². The maximum Gasteiger partial charge on any atom is 0.270 e. The Kier molecular flexibility index (Phi) is 12.8. The van der Waals surface area contributed by atoms with Crippen molar-refractivity contribution in [3.8, 4) is 12.1 Å². The van der Waals surface area contributed by atoms with Gasteiger partial charge in [-0.2, -0.15) is 10.5 Å². The summed E-state index contributed by atoms with van der Waals surface area (Å²) in [5.74, 6) is -0.965.